The van der Waals surface area contributed by atoms with E-state index in [1.165, 1.54) is 75.9 Å². The van der Waals surface area contributed by atoms with Crippen molar-refractivity contribution in [3.63, 3.8) is 0 Å². The lowest BCUT2D eigenvalue weighted by atomic mass is 10.2. The molecule has 0 saturated heterocycles. The molecular formula is C21H40BrO2P. The molecule has 0 aliphatic heterocycles. The van der Waals surface area contributed by atoms with Gasteiger partial charge in [-0.3, -0.25) is 0 Å². The molecule has 0 fully saturated rings. The van der Waals surface area contributed by atoms with E-state index < -0.39 is 7.26 Å². The fourth-order valence-electron chi connectivity index (χ4n) is 3.27. The Labute approximate surface area is 168 Å². The number of carbonyl (C=O) groups is 1. The Hall–Kier alpha value is -0.140. The third-order valence-corrected chi connectivity index (χ3v) is 9.64. The zero-order valence-electron chi connectivity index (χ0n) is 17.4. The van der Waals surface area contributed by atoms with E-state index in [4.69, 9.17) is 4.74 Å². The Kier molecular flexibility index (Phi) is 17.4. The first-order valence-electron chi connectivity index (χ1n) is 9.75. The average molecular weight is 435 g/mol. The molecule has 0 aliphatic rings. The monoisotopic (exact) mass is 434 g/mol. The number of carbonyl (C=O) groups excluding carboxylic acids is 1. The van der Waals surface area contributed by atoms with E-state index in [2.05, 4.69) is 33.8 Å². The summed E-state index contributed by atoms with van der Waals surface area (Å²) < 4.78 is 4.89. The molecule has 2 nitrogen and oxygen atoms in total. The number of ether oxygens (including phenoxy) is 1. The second-order valence-corrected chi connectivity index (χ2v) is 11.3. The predicted octanol–water partition coefficient (Wildman–Crippen LogP) is 3.47. The summed E-state index contributed by atoms with van der Waals surface area (Å²) in [5, 5.41) is 0. The summed E-state index contributed by atoms with van der Waals surface area (Å²) >= 11 is 0. The number of esters is 1. The van der Waals surface area contributed by atoms with Gasteiger partial charge in [0.05, 0.1) is 37.3 Å². The molecule has 0 heterocycles. The maximum atomic E-state index is 11.8. The highest BCUT2D eigenvalue weighted by molar-refractivity contribution is 7.76. The van der Waals surface area contributed by atoms with Crippen molar-refractivity contribution in [2.45, 2.75) is 73.1 Å². The van der Waals surface area contributed by atoms with Crippen LogP contribution in [0.2, 0.25) is 0 Å². The zero-order chi connectivity index (χ0) is 18.4. The van der Waals surface area contributed by atoms with Crippen molar-refractivity contribution in [3.8, 4) is 0 Å². The van der Waals surface area contributed by atoms with Gasteiger partial charge < -0.3 is 21.7 Å². The van der Waals surface area contributed by atoms with Gasteiger partial charge in [0, 0.05) is 7.26 Å². The van der Waals surface area contributed by atoms with Crippen LogP contribution in [0.25, 0.3) is 0 Å². The summed E-state index contributed by atoms with van der Waals surface area (Å²) in [5.74, 6) is -0.226. The number of methoxy groups -OCH3 is 1. The highest BCUT2D eigenvalue weighted by atomic mass is 79.9. The van der Waals surface area contributed by atoms with Crippen molar-refractivity contribution in [2.75, 3.05) is 31.8 Å². The summed E-state index contributed by atoms with van der Waals surface area (Å²) in [5.41, 5.74) is 2.04. The van der Waals surface area contributed by atoms with Gasteiger partial charge in [-0.25, -0.2) is 4.79 Å². The standard InChI is InChI=1S/C21H40O2P.BrH/c1-7-11-14-24(15-12-8-2,16-13-9-3)18-19(5)17-20(10-4)21(22)23-6;/h10,17H,7-9,11-16,18H2,1-6H3;1H/q+1;/p-1/b19-17+,20-10+;. The number of unbranched alkanes of at least 4 members (excludes halogenated alkanes) is 3. The molecule has 0 spiro atoms. The van der Waals surface area contributed by atoms with E-state index in [0.717, 1.165) is 0 Å². The molecule has 0 aromatic rings. The van der Waals surface area contributed by atoms with E-state index in [1.54, 1.807) is 0 Å². The Morgan fingerprint density at radius 2 is 1.40 bits per heavy atom. The number of rotatable bonds is 13. The number of allylic oxidation sites excluding steroid dienone is 2. The first-order valence-corrected chi connectivity index (χ1v) is 12.3. The van der Waals surface area contributed by atoms with Gasteiger partial charge in [-0.2, -0.15) is 0 Å². The van der Waals surface area contributed by atoms with Crippen LogP contribution in [0.3, 0.4) is 0 Å². The van der Waals surface area contributed by atoms with Crippen molar-refractivity contribution in [3.05, 3.63) is 23.3 Å². The summed E-state index contributed by atoms with van der Waals surface area (Å²) in [6.07, 6.45) is 17.3. The Morgan fingerprint density at radius 3 is 1.72 bits per heavy atom. The van der Waals surface area contributed by atoms with Crippen LogP contribution in [0.5, 0.6) is 0 Å². The SMILES string of the molecule is C/C=C(\C=C(/C)C[P+](CCCC)(CCCC)CCCC)C(=O)OC.[Br-]. The van der Waals surface area contributed by atoms with Crippen molar-refractivity contribution in [1.82, 2.24) is 0 Å². The maximum absolute atomic E-state index is 11.8. The highest BCUT2D eigenvalue weighted by Gasteiger charge is 2.35. The molecule has 0 aromatic carbocycles. The molecule has 25 heavy (non-hydrogen) atoms. The van der Waals surface area contributed by atoms with E-state index in [9.17, 15) is 4.79 Å². The lowest BCUT2D eigenvalue weighted by Gasteiger charge is -2.28. The van der Waals surface area contributed by atoms with Crippen LogP contribution in [-0.2, 0) is 9.53 Å². The fraction of sp³-hybridized carbons (Fsp3) is 0.762. The molecule has 0 amide bonds. The third-order valence-electron chi connectivity index (χ3n) is 4.68. The first-order chi connectivity index (χ1) is 11.5. The Balaban J connectivity index is 0. The molecule has 0 bridgehead atoms. The smallest absolute Gasteiger partial charge is 0.337 e. The molecule has 0 unspecified atom stereocenters. The summed E-state index contributed by atoms with van der Waals surface area (Å²) in [6, 6.07) is 0. The second kappa shape index (κ2) is 16.1. The second-order valence-electron chi connectivity index (χ2n) is 6.96. The average Bonchev–Trinajstić information content (AvgIpc) is 2.60. The highest BCUT2D eigenvalue weighted by Crippen LogP contribution is 2.61. The van der Waals surface area contributed by atoms with Crippen LogP contribution < -0.4 is 17.0 Å². The topological polar surface area (TPSA) is 26.3 Å². The number of hydrogen-bond acceptors (Lipinski definition) is 2. The molecule has 0 saturated carbocycles. The van der Waals surface area contributed by atoms with Crippen molar-refractivity contribution >= 4 is 13.2 Å². The van der Waals surface area contributed by atoms with Gasteiger partial charge in [0.1, 0.15) is 0 Å². The van der Waals surface area contributed by atoms with Crippen LogP contribution in [0.15, 0.2) is 23.3 Å². The number of halogens is 1. The van der Waals surface area contributed by atoms with Gasteiger partial charge in [0.25, 0.3) is 0 Å². The number of hydrogen-bond donors (Lipinski definition) is 0. The lowest BCUT2D eigenvalue weighted by molar-refractivity contribution is -0.135. The van der Waals surface area contributed by atoms with Crippen LogP contribution in [0, 0.1) is 0 Å². The van der Waals surface area contributed by atoms with Crippen molar-refractivity contribution in [1.29, 1.82) is 0 Å². The van der Waals surface area contributed by atoms with Crippen molar-refractivity contribution in [2.24, 2.45) is 0 Å². The minimum Gasteiger partial charge on any atom is -1.00 e. The van der Waals surface area contributed by atoms with Gasteiger partial charge in [-0.15, -0.1) is 0 Å². The van der Waals surface area contributed by atoms with Gasteiger partial charge in [-0.05, 0) is 44.8 Å². The zero-order valence-corrected chi connectivity index (χ0v) is 19.8. The van der Waals surface area contributed by atoms with E-state index in [0.29, 0.717) is 5.57 Å². The normalized spacial score (nSPS) is 12.7. The molecule has 0 atom stereocenters. The van der Waals surface area contributed by atoms with Crippen LogP contribution in [-0.4, -0.2) is 37.7 Å². The fourth-order valence-corrected chi connectivity index (χ4v) is 8.53. The molecule has 0 N–H and O–H groups in total. The minimum atomic E-state index is -0.955. The van der Waals surface area contributed by atoms with Crippen LogP contribution in [0.1, 0.15) is 73.1 Å². The lowest BCUT2D eigenvalue weighted by Crippen LogP contribution is -3.00. The molecule has 0 radical (unpaired) electrons. The first kappa shape index (κ1) is 27.1. The Morgan fingerprint density at radius 1 is 0.960 bits per heavy atom. The molecule has 4 heteroatoms. The summed E-state index contributed by atoms with van der Waals surface area (Å²) in [6.45, 7) is 11.0. The molecule has 0 rings (SSSR count). The van der Waals surface area contributed by atoms with E-state index >= 15 is 0 Å². The minimum absolute atomic E-state index is 0. The Bertz CT molecular complexity index is 394. The van der Waals surface area contributed by atoms with E-state index in [-0.39, 0.29) is 23.0 Å². The van der Waals surface area contributed by atoms with Gasteiger partial charge in [0.2, 0.25) is 0 Å². The largest absolute Gasteiger partial charge is 1.00 e. The van der Waals surface area contributed by atoms with Gasteiger partial charge in [-0.1, -0.05) is 46.1 Å². The van der Waals surface area contributed by atoms with Crippen LogP contribution >= 0.6 is 7.26 Å². The predicted molar refractivity (Wildman–Crippen MR) is 111 cm³/mol. The molecule has 0 aliphatic carbocycles. The third kappa shape index (κ3) is 11.2. The van der Waals surface area contributed by atoms with E-state index in [1.807, 2.05) is 13.0 Å². The van der Waals surface area contributed by atoms with Gasteiger partial charge >= 0.3 is 5.97 Å². The molecule has 148 valence electrons. The maximum Gasteiger partial charge on any atom is 0.337 e. The summed E-state index contributed by atoms with van der Waals surface area (Å²) in [7, 11) is 0.500. The summed E-state index contributed by atoms with van der Waals surface area (Å²) in [4.78, 5) is 11.8. The van der Waals surface area contributed by atoms with Crippen molar-refractivity contribution < 1.29 is 26.5 Å². The van der Waals surface area contributed by atoms with Crippen LogP contribution in [0.4, 0.5) is 0 Å². The molecule has 0 aromatic heterocycles. The van der Waals surface area contributed by atoms with Gasteiger partial charge in [0.15, 0.2) is 0 Å². The molecular weight excluding hydrogens is 395 g/mol. The quantitative estimate of drug-likeness (QED) is 0.192.